The van der Waals surface area contributed by atoms with Crippen LogP contribution in [0.5, 0.6) is 0 Å². The maximum Gasteiger partial charge on any atom is 0.314 e. The van der Waals surface area contributed by atoms with Gasteiger partial charge in [-0.05, 0) is 32.5 Å². The number of esters is 1. The van der Waals surface area contributed by atoms with Gasteiger partial charge in [-0.1, -0.05) is 19.8 Å². The predicted octanol–water partition coefficient (Wildman–Crippen LogP) is 1.56. The molecule has 0 saturated heterocycles. The Hall–Kier alpha value is -1.17. The van der Waals surface area contributed by atoms with E-state index in [1.165, 1.54) is 0 Å². The largest absolute Gasteiger partial charge is 0.465 e. The molecule has 0 aromatic carbocycles. The Kier molecular flexibility index (Phi) is 8.31. The number of hydrazone groups is 1. The number of nitrogens with two attached hydrogens (primary N) is 1. The Bertz CT molecular complexity index is 292. The first-order valence-corrected chi connectivity index (χ1v) is 6.19. The van der Waals surface area contributed by atoms with Crippen LogP contribution >= 0.6 is 12.2 Å². The van der Waals surface area contributed by atoms with E-state index >= 15 is 0 Å². The monoisotopic (exact) mass is 259 g/mol. The van der Waals surface area contributed by atoms with Crippen LogP contribution in [0.4, 0.5) is 0 Å². The van der Waals surface area contributed by atoms with E-state index in [1.54, 1.807) is 13.8 Å². The number of hydrogen-bond acceptors (Lipinski definition) is 4. The molecule has 0 fully saturated rings. The van der Waals surface area contributed by atoms with Gasteiger partial charge in [0, 0.05) is 5.71 Å². The Morgan fingerprint density at radius 3 is 2.65 bits per heavy atom. The number of carbonyl (C=O) groups excluding carboxylic acids is 1. The van der Waals surface area contributed by atoms with Crippen LogP contribution < -0.4 is 11.2 Å². The number of hydrogen-bond donors (Lipinski definition) is 2. The van der Waals surface area contributed by atoms with Crippen molar-refractivity contribution in [3.8, 4) is 0 Å². The Morgan fingerprint density at radius 1 is 1.53 bits per heavy atom. The quantitative estimate of drug-likeness (QED) is 0.314. The van der Waals surface area contributed by atoms with E-state index in [-0.39, 0.29) is 17.0 Å². The Morgan fingerprint density at radius 2 is 2.18 bits per heavy atom. The minimum atomic E-state index is -0.322. The molecule has 98 valence electrons. The van der Waals surface area contributed by atoms with Crippen molar-refractivity contribution >= 4 is 29.0 Å². The van der Waals surface area contributed by atoms with E-state index in [2.05, 4.69) is 29.7 Å². The van der Waals surface area contributed by atoms with Gasteiger partial charge in [0.05, 0.1) is 12.5 Å². The van der Waals surface area contributed by atoms with E-state index in [9.17, 15) is 4.79 Å². The van der Waals surface area contributed by atoms with Gasteiger partial charge in [0.2, 0.25) is 0 Å². The van der Waals surface area contributed by atoms with Gasteiger partial charge in [0.15, 0.2) is 5.11 Å². The Balaban J connectivity index is 4.59. The summed E-state index contributed by atoms with van der Waals surface area (Å²) in [4.78, 5) is 11.7. The van der Waals surface area contributed by atoms with Crippen molar-refractivity contribution in [2.45, 2.75) is 40.0 Å². The third kappa shape index (κ3) is 6.88. The van der Waals surface area contributed by atoms with Gasteiger partial charge in [-0.25, -0.2) is 0 Å². The maximum absolute atomic E-state index is 11.7. The van der Waals surface area contributed by atoms with Gasteiger partial charge in [0.25, 0.3) is 0 Å². The standard InChI is InChI=1S/C11H21N3O2S/c1-4-6-7-9(10(15)16-5-2)8(3)13-14-11(12)17/h9H,4-7H2,1-3H3,(H3,12,14,17)/b13-8+. The van der Waals surface area contributed by atoms with Crippen LogP contribution in [0.1, 0.15) is 40.0 Å². The summed E-state index contributed by atoms with van der Waals surface area (Å²) in [7, 11) is 0. The van der Waals surface area contributed by atoms with Crippen LogP contribution in [0.2, 0.25) is 0 Å². The second-order valence-corrected chi connectivity index (χ2v) is 4.12. The Labute approximate surface area is 108 Å². The summed E-state index contributed by atoms with van der Waals surface area (Å²) < 4.78 is 5.02. The van der Waals surface area contributed by atoms with Crippen molar-refractivity contribution in [2.24, 2.45) is 16.8 Å². The second kappa shape index (κ2) is 8.92. The average molecular weight is 259 g/mol. The summed E-state index contributed by atoms with van der Waals surface area (Å²) in [6.45, 7) is 6.00. The summed E-state index contributed by atoms with van der Waals surface area (Å²) in [5.41, 5.74) is 8.40. The fourth-order valence-electron chi connectivity index (χ4n) is 1.37. The predicted molar refractivity (Wildman–Crippen MR) is 72.7 cm³/mol. The first-order chi connectivity index (χ1) is 8.02. The molecule has 5 nitrogen and oxygen atoms in total. The van der Waals surface area contributed by atoms with Gasteiger partial charge in [0.1, 0.15) is 0 Å². The molecule has 0 aromatic rings. The van der Waals surface area contributed by atoms with E-state index in [4.69, 9.17) is 10.5 Å². The molecule has 0 saturated carbocycles. The molecule has 0 aromatic heterocycles. The molecule has 0 rings (SSSR count). The number of ether oxygens (including phenoxy) is 1. The van der Waals surface area contributed by atoms with Crippen molar-refractivity contribution < 1.29 is 9.53 Å². The van der Waals surface area contributed by atoms with Crippen LogP contribution in [0.3, 0.4) is 0 Å². The maximum atomic E-state index is 11.7. The molecule has 0 heterocycles. The summed E-state index contributed by atoms with van der Waals surface area (Å²) in [5, 5.41) is 4.07. The average Bonchev–Trinajstić information content (AvgIpc) is 2.27. The lowest BCUT2D eigenvalue weighted by Gasteiger charge is -2.14. The highest BCUT2D eigenvalue weighted by Gasteiger charge is 2.22. The van der Waals surface area contributed by atoms with E-state index in [0.717, 1.165) is 19.3 Å². The molecule has 0 aliphatic heterocycles. The minimum absolute atomic E-state index is 0.0856. The van der Waals surface area contributed by atoms with Crippen molar-refractivity contribution in [2.75, 3.05) is 6.61 Å². The third-order valence-corrected chi connectivity index (χ3v) is 2.36. The van der Waals surface area contributed by atoms with Gasteiger partial charge < -0.3 is 10.5 Å². The molecule has 3 N–H and O–H groups in total. The van der Waals surface area contributed by atoms with Crippen LogP contribution in [0, 0.1) is 5.92 Å². The number of unbranched alkanes of at least 4 members (excludes halogenated alkanes) is 1. The second-order valence-electron chi connectivity index (χ2n) is 3.68. The smallest absolute Gasteiger partial charge is 0.314 e. The topological polar surface area (TPSA) is 76.7 Å². The van der Waals surface area contributed by atoms with E-state index in [1.807, 2.05) is 0 Å². The van der Waals surface area contributed by atoms with Crippen molar-refractivity contribution in [3.63, 3.8) is 0 Å². The lowest BCUT2D eigenvalue weighted by Crippen LogP contribution is -2.30. The number of carbonyl (C=O) groups is 1. The SMILES string of the molecule is CCCCC(C(=O)OCC)/C(C)=N/NC(N)=S. The summed E-state index contributed by atoms with van der Waals surface area (Å²) in [6.07, 6.45) is 2.69. The molecule has 17 heavy (non-hydrogen) atoms. The lowest BCUT2D eigenvalue weighted by molar-refractivity contribution is -0.145. The number of nitrogens with zero attached hydrogens (tertiary/aromatic N) is 1. The van der Waals surface area contributed by atoms with Crippen molar-refractivity contribution in [1.82, 2.24) is 5.43 Å². The highest BCUT2D eigenvalue weighted by atomic mass is 32.1. The zero-order valence-electron chi connectivity index (χ0n) is 10.7. The summed E-state index contributed by atoms with van der Waals surface area (Å²) >= 11 is 4.65. The molecular weight excluding hydrogens is 238 g/mol. The summed E-state index contributed by atoms with van der Waals surface area (Å²) in [6, 6.07) is 0. The first-order valence-electron chi connectivity index (χ1n) is 5.79. The normalized spacial score (nSPS) is 13.0. The molecule has 0 bridgehead atoms. The zero-order chi connectivity index (χ0) is 13.3. The van der Waals surface area contributed by atoms with Gasteiger partial charge in [-0.2, -0.15) is 5.10 Å². The fourth-order valence-corrected chi connectivity index (χ4v) is 1.42. The molecule has 6 heteroatoms. The molecule has 0 spiro atoms. The van der Waals surface area contributed by atoms with Crippen LogP contribution in [-0.2, 0) is 9.53 Å². The van der Waals surface area contributed by atoms with E-state index in [0.29, 0.717) is 12.3 Å². The zero-order valence-corrected chi connectivity index (χ0v) is 11.5. The number of rotatable bonds is 7. The van der Waals surface area contributed by atoms with Gasteiger partial charge in [-0.3, -0.25) is 10.2 Å². The fraction of sp³-hybridized carbons (Fsp3) is 0.727. The van der Waals surface area contributed by atoms with Crippen molar-refractivity contribution in [3.05, 3.63) is 0 Å². The number of thiocarbonyl (C=S) groups is 1. The van der Waals surface area contributed by atoms with E-state index < -0.39 is 0 Å². The molecule has 1 unspecified atom stereocenters. The summed E-state index contributed by atoms with van der Waals surface area (Å²) in [5.74, 6) is -0.566. The van der Waals surface area contributed by atoms with Gasteiger partial charge >= 0.3 is 5.97 Å². The molecular formula is C11H21N3O2S. The lowest BCUT2D eigenvalue weighted by atomic mass is 9.98. The number of nitrogens with one attached hydrogen (secondary N) is 1. The highest BCUT2D eigenvalue weighted by Crippen LogP contribution is 2.12. The van der Waals surface area contributed by atoms with Crippen molar-refractivity contribution in [1.29, 1.82) is 0 Å². The van der Waals surface area contributed by atoms with Crippen LogP contribution in [0.25, 0.3) is 0 Å². The van der Waals surface area contributed by atoms with Crippen LogP contribution in [-0.4, -0.2) is 23.4 Å². The first kappa shape index (κ1) is 15.8. The molecule has 1 atom stereocenters. The van der Waals surface area contributed by atoms with Crippen LogP contribution in [0.15, 0.2) is 5.10 Å². The highest BCUT2D eigenvalue weighted by molar-refractivity contribution is 7.80. The molecule has 0 radical (unpaired) electrons. The molecule has 0 amide bonds. The molecule has 0 aliphatic carbocycles. The minimum Gasteiger partial charge on any atom is -0.465 e. The van der Waals surface area contributed by atoms with Gasteiger partial charge in [-0.15, -0.1) is 0 Å². The molecule has 0 aliphatic rings. The third-order valence-electron chi connectivity index (χ3n) is 2.26.